The van der Waals surface area contributed by atoms with Crippen LogP contribution in [-0.2, 0) is 6.54 Å². The van der Waals surface area contributed by atoms with E-state index in [4.69, 9.17) is 5.73 Å². The molecule has 0 atom stereocenters. The first-order valence-electron chi connectivity index (χ1n) is 5.51. The monoisotopic (exact) mass is 261 g/mol. The molecule has 0 radical (unpaired) electrons. The van der Waals surface area contributed by atoms with Crippen molar-refractivity contribution in [3.05, 3.63) is 48.1 Å². The predicted molar refractivity (Wildman–Crippen MR) is 65.2 cm³/mol. The Bertz CT molecular complexity index is 739. The number of rotatable bonds is 2. The van der Waals surface area contributed by atoms with Gasteiger partial charge in [-0.2, -0.15) is 0 Å². The Morgan fingerprint density at radius 2 is 2.05 bits per heavy atom. The van der Waals surface area contributed by atoms with Crippen molar-refractivity contribution < 1.29 is 8.78 Å². The number of halogens is 2. The summed E-state index contributed by atoms with van der Waals surface area (Å²) in [5.74, 6) is -1.79. The third-order valence-corrected chi connectivity index (χ3v) is 2.79. The van der Waals surface area contributed by atoms with Gasteiger partial charge in [0.05, 0.1) is 17.8 Å². The number of fused-ring (bicyclic) bond motifs is 1. The Hall–Kier alpha value is -2.57. The number of anilines is 1. The van der Waals surface area contributed by atoms with Crippen molar-refractivity contribution in [1.82, 2.24) is 19.5 Å². The minimum absolute atomic E-state index is 0.0381. The molecule has 19 heavy (non-hydrogen) atoms. The molecule has 0 saturated heterocycles. The van der Waals surface area contributed by atoms with Crippen LogP contribution < -0.4 is 5.73 Å². The molecule has 0 aliphatic carbocycles. The molecule has 0 aliphatic rings. The lowest BCUT2D eigenvalue weighted by Crippen LogP contribution is -2.07. The predicted octanol–water partition coefficient (Wildman–Crippen LogP) is 1.73. The summed E-state index contributed by atoms with van der Waals surface area (Å²) in [6.07, 6.45) is 2.94. The number of aromatic nitrogens is 4. The topological polar surface area (TPSA) is 69.6 Å². The Morgan fingerprint density at radius 1 is 1.21 bits per heavy atom. The van der Waals surface area contributed by atoms with Crippen molar-refractivity contribution in [3.63, 3.8) is 0 Å². The zero-order valence-electron chi connectivity index (χ0n) is 9.72. The van der Waals surface area contributed by atoms with E-state index in [1.165, 1.54) is 17.0 Å². The highest BCUT2D eigenvalue weighted by molar-refractivity contribution is 5.79. The molecular weight excluding hydrogens is 252 g/mol. The van der Waals surface area contributed by atoms with Gasteiger partial charge in [0.15, 0.2) is 11.6 Å². The third kappa shape index (κ3) is 1.88. The number of nitrogens with two attached hydrogens (primary N) is 1. The highest BCUT2D eigenvalue weighted by atomic mass is 19.2. The summed E-state index contributed by atoms with van der Waals surface area (Å²) in [6, 6.07) is 4.09. The van der Waals surface area contributed by atoms with Crippen LogP contribution in [0, 0.1) is 11.6 Å². The van der Waals surface area contributed by atoms with Gasteiger partial charge in [0.1, 0.15) is 11.8 Å². The van der Waals surface area contributed by atoms with E-state index in [1.807, 2.05) is 0 Å². The molecule has 0 unspecified atom stereocenters. The highest BCUT2D eigenvalue weighted by Gasteiger charge is 2.16. The van der Waals surface area contributed by atoms with Crippen LogP contribution in [0.1, 0.15) is 5.69 Å². The number of nitrogen functional groups attached to an aromatic ring is 1. The Morgan fingerprint density at radius 3 is 2.79 bits per heavy atom. The second kappa shape index (κ2) is 4.27. The third-order valence-electron chi connectivity index (χ3n) is 2.79. The summed E-state index contributed by atoms with van der Waals surface area (Å²) in [7, 11) is 0. The minimum atomic E-state index is -0.962. The van der Waals surface area contributed by atoms with Gasteiger partial charge >= 0.3 is 0 Å². The zero-order chi connectivity index (χ0) is 13.4. The average molecular weight is 261 g/mol. The van der Waals surface area contributed by atoms with Crippen LogP contribution in [0.5, 0.6) is 0 Å². The largest absolute Gasteiger partial charge is 0.369 e. The number of hydrogen-bond acceptors (Lipinski definition) is 4. The number of nitrogens with zero attached hydrogens (tertiary/aromatic N) is 4. The van der Waals surface area contributed by atoms with Crippen molar-refractivity contribution in [2.75, 3.05) is 5.73 Å². The second-order valence-electron chi connectivity index (χ2n) is 3.99. The van der Waals surface area contributed by atoms with E-state index < -0.39 is 11.6 Å². The summed E-state index contributed by atoms with van der Waals surface area (Å²) in [4.78, 5) is 11.8. The van der Waals surface area contributed by atoms with Gasteiger partial charge in [-0.3, -0.25) is 0 Å². The molecule has 5 nitrogen and oxygen atoms in total. The van der Waals surface area contributed by atoms with Crippen LogP contribution in [0.3, 0.4) is 0 Å². The molecule has 1 aromatic carbocycles. The maximum Gasteiger partial charge on any atom is 0.201 e. The standard InChI is InChI=1S/C12H9F2N5/c13-8-1-2-9-11(10(8)14)19(12(15)18-9)5-7-3-4-16-6-17-7/h1-4,6H,5H2,(H2,15,18). The van der Waals surface area contributed by atoms with E-state index >= 15 is 0 Å². The van der Waals surface area contributed by atoms with E-state index in [0.29, 0.717) is 11.2 Å². The summed E-state index contributed by atoms with van der Waals surface area (Å²) in [5, 5.41) is 0. The lowest BCUT2D eigenvalue weighted by Gasteiger charge is -2.06. The van der Waals surface area contributed by atoms with E-state index in [0.717, 1.165) is 6.07 Å². The number of hydrogen-bond donors (Lipinski definition) is 1. The highest BCUT2D eigenvalue weighted by Crippen LogP contribution is 2.23. The maximum atomic E-state index is 13.9. The maximum absolute atomic E-state index is 13.9. The molecule has 0 fully saturated rings. The van der Waals surface area contributed by atoms with Crippen molar-refractivity contribution in [2.24, 2.45) is 0 Å². The van der Waals surface area contributed by atoms with Crippen molar-refractivity contribution in [3.8, 4) is 0 Å². The molecule has 7 heteroatoms. The van der Waals surface area contributed by atoms with E-state index in [1.54, 1.807) is 12.3 Å². The molecular formula is C12H9F2N5. The van der Waals surface area contributed by atoms with E-state index in [2.05, 4.69) is 15.0 Å². The van der Waals surface area contributed by atoms with Crippen molar-refractivity contribution in [1.29, 1.82) is 0 Å². The normalized spacial score (nSPS) is 11.1. The average Bonchev–Trinajstić information content (AvgIpc) is 2.73. The molecule has 0 spiro atoms. The molecule has 2 heterocycles. The first kappa shape index (κ1) is 11.5. The quantitative estimate of drug-likeness (QED) is 0.762. The summed E-state index contributed by atoms with van der Waals surface area (Å²) < 4.78 is 28.5. The first-order valence-corrected chi connectivity index (χ1v) is 5.51. The van der Waals surface area contributed by atoms with Crippen molar-refractivity contribution >= 4 is 17.0 Å². The Balaban J connectivity index is 2.18. The molecule has 2 N–H and O–H groups in total. The molecule has 3 aromatic rings. The SMILES string of the molecule is Nc1nc2ccc(F)c(F)c2n1Cc1ccncn1. The summed E-state index contributed by atoms with van der Waals surface area (Å²) >= 11 is 0. The fraction of sp³-hybridized carbons (Fsp3) is 0.0833. The molecule has 2 aromatic heterocycles. The van der Waals surface area contributed by atoms with E-state index in [-0.39, 0.29) is 18.0 Å². The van der Waals surface area contributed by atoms with Crippen LogP contribution in [0.4, 0.5) is 14.7 Å². The fourth-order valence-corrected chi connectivity index (χ4v) is 1.91. The van der Waals surface area contributed by atoms with Gasteiger partial charge < -0.3 is 10.3 Å². The lowest BCUT2D eigenvalue weighted by atomic mass is 10.3. The Labute approximate surface area is 106 Å². The molecule has 0 amide bonds. The summed E-state index contributed by atoms with van der Waals surface area (Å²) in [6.45, 7) is 0.200. The minimum Gasteiger partial charge on any atom is -0.369 e. The fourth-order valence-electron chi connectivity index (χ4n) is 1.91. The molecule has 96 valence electrons. The summed E-state index contributed by atoms with van der Waals surface area (Å²) in [5.41, 5.74) is 6.72. The van der Waals surface area contributed by atoms with Crippen LogP contribution in [0.2, 0.25) is 0 Å². The number of imidazole rings is 1. The molecule has 3 rings (SSSR count). The van der Waals surface area contributed by atoms with Gasteiger partial charge in [-0.25, -0.2) is 23.7 Å². The van der Waals surface area contributed by atoms with Gasteiger partial charge in [0, 0.05) is 6.20 Å². The first-order chi connectivity index (χ1) is 9.16. The second-order valence-corrected chi connectivity index (χ2v) is 3.99. The lowest BCUT2D eigenvalue weighted by molar-refractivity contribution is 0.512. The van der Waals surface area contributed by atoms with Gasteiger partial charge in [0.2, 0.25) is 5.95 Å². The van der Waals surface area contributed by atoms with Crippen LogP contribution in [0.25, 0.3) is 11.0 Å². The van der Waals surface area contributed by atoms with E-state index in [9.17, 15) is 8.78 Å². The zero-order valence-corrected chi connectivity index (χ0v) is 9.72. The van der Waals surface area contributed by atoms with Crippen LogP contribution in [-0.4, -0.2) is 19.5 Å². The smallest absolute Gasteiger partial charge is 0.201 e. The molecule has 0 bridgehead atoms. The van der Waals surface area contributed by atoms with Gasteiger partial charge in [0.25, 0.3) is 0 Å². The Kier molecular flexibility index (Phi) is 2.59. The van der Waals surface area contributed by atoms with Gasteiger partial charge in [-0.15, -0.1) is 0 Å². The molecule has 0 aliphatic heterocycles. The van der Waals surface area contributed by atoms with Crippen molar-refractivity contribution in [2.45, 2.75) is 6.54 Å². The van der Waals surface area contributed by atoms with Crippen LogP contribution in [0.15, 0.2) is 30.7 Å². The van der Waals surface area contributed by atoms with Gasteiger partial charge in [-0.05, 0) is 18.2 Å². The molecule has 0 saturated carbocycles. The van der Waals surface area contributed by atoms with Gasteiger partial charge in [-0.1, -0.05) is 0 Å². The number of benzene rings is 1. The van der Waals surface area contributed by atoms with Crippen LogP contribution >= 0.6 is 0 Å².